The third kappa shape index (κ3) is 2.53. The lowest BCUT2D eigenvalue weighted by molar-refractivity contribution is -0.117. The minimum absolute atomic E-state index is 0.278. The SMILES string of the molecule is CC(C)c1cccc2c1NC(=O)[C@@H](N)N=C2c1ccccc1. The van der Waals surface area contributed by atoms with E-state index < -0.39 is 6.17 Å². The monoisotopic (exact) mass is 293 g/mol. The molecular formula is C18H19N3O. The number of carbonyl (C=O) groups excluding carboxylic acids is 1. The van der Waals surface area contributed by atoms with E-state index >= 15 is 0 Å². The summed E-state index contributed by atoms with van der Waals surface area (Å²) in [7, 11) is 0. The number of nitrogens with one attached hydrogen (secondary N) is 1. The van der Waals surface area contributed by atoms with Gasteiger partial charge in [-0.3, -0.25) is 9.79 Å². The van der Waals surface area contributed by atoms with Crippen LogP contribution >= 0.6 is 0 Å². The number of rotatable bonds is 2. The van der Waals surface area contributed by atoms with Gasteiger partial charge in [0.2, 0.25) is 0 Å². The van der Waals surface area contributed by atoms with Crippen LogP contribution < -0.4 is 11.1 Å². The molecule has 2 aromatic carbocycles. The molecule has 0 unspecified atom stereocenters. The molecule has 0 spiro atoms. The summed E-state index contributed by atoms with van der Waals surface area (Å²) in [6.45, 7) is 4.21. The smallest absolute Gasteiger partial charge is 0.263 e. The van der Waals surface area contributed by atoms with E-state index in [1.807, 2.05) is 48.5 Å². The number of anilines is 1. The Morgan fingerprint density at radius 2 is 1.82 bits per heavy atom. The third-order valence-electron chi connectivity index (χ3n) is 3.81. The average molecular weight is 293 g/mol. The van der Waals surface area contributed by atoms with Crippen LogP contribution in [0.3, 0.4) is 0 Å². The molecule has 0 radical (unpaired) electrons. The standard InChI is InChI=1S/C18H19N3O/c1-11(2)13-9-6-10-14-15(12-7-4-3-5-8-12)20-17(19)18(22)21-16(13)14/h3-11,17H,19H2,1-2H3,(H,21,22)/t17-/m0/s1. The molecule has 1 heterocycles. The Morgan fingerprint density at radius 1 is 1.09 bits per heavy atom. The number of amides is 1. The van der Waals surface area contributed by atoms with Crippen LogP contribution in [0, 0.1) is 0 Å². The molecule has 3 rings (SSSR count). The fourth-order valence-electron chi connectivity index (χ4n) is 2.68. The molecule has 1 aliphatic heterocycles. The number of benzodiazepines with no additional fused rings is 1. The number of nitrogens with two attached hydrogens (primary N) is 1. The maximum atomic E-state index is 12.2. The summed E-state index contributed by atoms with van der Waals surface area (Å²) in [5, 5.41) is 2.94. The number of hydrogen-bond donors (Lipinski definition) is 2. The van der Waals surface area contributed by atoms with Crippen LogP contribution in [0.5, 0.6) is 0 Å². The lowest BCUT2D eigenvalue weighted by Gasteiger charge is -2.17. The number of fused-ring (bicyclic) bond motifs is 1. The lowest BCUT2D eigenvalue weighted by atomic mass is 9.93. The normalized spacial score (nSPS) is 17.5. The first-order valence-electron chi connectivity index (χ1n) is 7.41. The summed E-state index contributed by atoms with van der Waals surface area (Å²) in [6, 6.07) is 15.8. The van der Waals surface area contributed by atoms with Gasteiger partial charge in [0.25, 0.3) is 5.91 Å². The Balaban J connectivity index is 2.25. The van der Waals surface area contributed by atoms with Crippen LogP contribution in [0.15, 0.2) is 53.5 Å². The molecule has 1 atom stereocenters. The molecule has 0 bridgehead atoms. The number of carbonyl (C=O) groups is 1. The van der Waals surface area contributed by atoms with Gasteiger partial charge in [0.1, 0.15) is 0 Å². The highest BCUT2D eigenvalue weighted by molar-refractivity contribution is 6.20. The summed E-state index contributed by atoms with van der Waals surface area (Å²) in [5.74, 6) is 0.0156. The molecule has 22 heavy (non-hydrogen) atoms. The van der Waals surface area contributed by atoms with Crippen molar-refractivity contribution in [1.29, 1.82) is 0 Å². The van der Waals surface area contributed by atoms with Crippen molar-refractivity contribution < 1.29 is 4.79 Å². The van der Waals surface area contributed by atoms with Crippen LogP contribution in [0.25, 0.3) is 0 Å². The molecule has 2 aromatic rings. The van der Waals surface area contributed by atoms with Crippen LogP contribution in [-0.4, -0.2) is 17.8 Å². The number of hydrogen-bond acceptors (Lipinski definition) is 3. The van der Waals surface area contributed by atoms with Gasteiger partial charge in [-0.2, -0.15) is 0 Å². The molecule has 4 nitrogen and oxygen atoms in total. The second-order valence-corrected chi connectivity index (χ2v) is 5.70. The Labute approximate surface area is 130 Å². The number of nitrogens with zero attached hydrogens (tertiary/aromatic N) is 1. The van der Waals surface area contributed by atoms with E-state index in [9.17, 15) is 4.79 Å². The van der Waals surface area contributed by atoms with Crippen molar-refractivity contribution in [1.82, 2.24) is 0 Å². The van der Waals surface area contributed by atoms with Gasteiger partial charge in [-0.15, -0.1) is 0 Å². The summed E-state index contributed by atoms with van der Waals surface area (Å²) in [4.78, 5) is 16.6. The predicted octanol–water partition coefficient (Wildman–Crippen LogP) is 2.88. The zero-order valence-corrected chi connectivity index (χ0v) is 12.7. The first kappa shape index (κ1) is 14.5. The summed E-state index contributed by atoms with van der Waals surface area (Å²) in [5.41, 5.74) is 10.4. The van der Waals surface area contributed by atoms with Crippen LogP contribution in [0.2, 0.25) is 0 Å². The Morgan fingerprint density at radius 3 is 2.50 bits per heavy atom. The molecule has 112 valence electrons. The molecule has 0 fully saturated rings. The van der Waals surface area contributed by atoms with E-state index in [1.165, 1.54) is 0 Å². The zero-order chi connectivity index (χ0) is 15.7. The van der Waals surface area contributed by atoms with Crippen molar-refractivity contribution in [2.75, 3.05) is 5.32 Å². The minimum Gasteiger partial charge on any atom is -0.322 e. The van der Waals surface area contributed by atoms with E-state index in [2.05, 4.69) is 24.2 Å². The van der Waals surface area contributed by atoms with Gasteiger partial charge in [0.05, 0.1) is 11.4 Å². The van der Waals surface area contributed by atoms with E-state index in [1.54, 1.807) is 0 Å². The Kier molecular flexibility index (Phi) is 3.77. The highest BCUT2D eigenvalue weighted by atomic mass is 16.2. The van der Waals surface area contributed by atoms with Crippen molar-refractivity contribution in [3.8, 4) is 0 Å². The van der Waals surface area contributed by atoms with Gasteiger partial charge in [-0.05, 0) is 11.5 Å². The fraction of sp³-hybridized carbons (Fsp3) is 0.222. The summed E-state index contributed by atoms with van der Waals surface area (Å²) in [6.07, 6.45) is -0.900. The second-order valence-electron chi connectivity index (χ2n) is 5.70. The topological polar surface area (TPSA) is 67.5 Å². The van der Waals surface area contributed by atoms with Crippen molar-refractivity contribution in [3.63, 3.8) is 0 Å². The zero-order valence-electron chi connectivity index (χ0n) is 12.7. The highest BCUT2D eigenvalue weighted by Crippen LogP contribution is 2.31. The Bertz CT molecular complexity index is 735. The van der Waals surface area contributed by atoms with Crippen LogP contribution in [0.1, 0.15) is 36.5 Å². The van der Waals surface area contributed by atoms with Crippen molar-refractivity contribution in [2.24, 2.45) is 10.7 Å². The molecule has 4 heteroatoms. The third-order valence-corrected chi connectivity index (χ3v) is 3.81. The number of aliphatic imine (C=N–C) groups is 1. The van der Waals surface area contributed by atoms with Gasteiger partial charge in [0.15, 0.2) is 6.17 Å². The van der Waals surface area contributed by atoms with Crippen molar-refractivity contribution >= 4 is 17.3 Å². The number of para-hydroxylation sites is 1. The summed E-state index contributed by atoms with van der Waals surface area (Å²) < 4.78 is 0. The first-order chi connectivity index (χ1) is 10.6. The lowest BCUT2D eigenvalue weighted by Crippen LogP contribution is -2.33. The van der Waals surface area contributed by atoms with Gasteiger partial charge in [-0.1, -0.05) is 62.4 Å². The number of benzene rings is 2. The largest absolute Gasteiger partial charge is 0.322 e. The second kappa shape index (κ2) is 5.73. The van der Waals surface area contributed by atoms with Gasteiger partial charge in [0, 0.05) is 11.1 Å². The summed E-state index contributed by atoms with van der Waals surface area (Å²) >= 11 is 0. The molecule has 0 aliphatic carbocycles. The van der Waals surface area contributed by atoms with Crippen LogP contribution in [0.4, 0.5) is 5.69 Å². The molecular weight excluding hydrogens is 274 g/mol. The van der Waals surface area contributed by atoms with E-state index in [-0.39, 0.29) is 5.91 Å². The first-order valence-corrected chi connectivity index (χ1v) is 7.41. The van der Waals surface area contributed by atoms with Gasteiger partial charge in [-0.25, -0.2) is 0 Å². The van der Waals surface area contributed by atoms with Gasteiger partial charge >= 0.3 is 0 Å². The molecule has 3 N–H and O–H groups in total. The van der Waals surface area contributed by atoms with Crippen molar-refractivity contribution in [2.45, 2.75) is 25.9 Å². The average Bonchev–Trinajstić information content (AvgIpc) is 2.65. The predicted molar refractivity (Wildman–Crippen MR) is 89.2 cm³/mol. The van der Waals surface area contributed by atoms with Gasteiger partial charge < -0.3 is 11.1 Å². The minimum atomic E-state index is -0.900. The fourth-order valence-corrected chi connectivity index (χ4v) is 2.68. The maximum absolute atomic E-state index is 12.2. The molecule has 0 saturated carbocycles. The van der Waals surface area contributed by atoms with Crippen LogP contribution in [-0.2, 0) is 4.79 Å². The molecule has 1 aliphatic rings. The quantitative estimate of drug-likeness (QED) is 0.894. The van der Waals surface area contributed by atoms with Crippen molar-refractivity contribution in [3.05, 3.63) is 65.2 Å². The van der Waals surface area contributed by atoms with E-state index in [0.29, 0.717) is 5.92 Å². The molecule has 0 aromatic heterocycles. The molecule has 0 saturated heterocycles. The molecule has 1 amide bonds. The maximum Gasteiger partial charge on any atom is 0.263 e. The van der Waals surface area contributed by atoms with E-state index in [0.717, 1.165) is 28.1 Å². The highest BCUT2D eigenvalue weighted by Gasteiger charge is 2.25. The Hall–Kier alpha value is -2.46. The van der Waals surface area contributed by atoms with E-state index in [4.69, 9.17) is 5.73 Å².